The first-order valence-electron chi connectivity index (χ1n) is 3.70. The molecule has 0 spiro atoms. The number of phenols is 1. The van der Waals surface area contributed by atoms with Crippen LogP contribution in [-0.4, -0.2) is 16.2 Å². The van der Waals surface area contributed by atoms with Crippen molar-refractivity contribution in [3.05, 3.63) is 29.3 Å². The number of aromatic hydroxyl groups is 1. The quantitative estimate of drug-likeness (QED) is 0.702. The second kappa shape index (κ2) is 3.26. The molecule has 1 aromatic rings. The van der Waals surface area contributed by atoms with Crippen molar-refractivity contribution in [3.63, 3.8) is 0 Å². The maximum atomic E-state index is 10.5. The minimum atomic E-state index is -1.09. The van der Waals surface area contributed by atoms with E-state index in [1.165, 1.54) is 12.1 Å². The van der Waals surface area contributed by atoms with Gasteiger partial charge in [0.15, 0.2) is 0 Å². The summed E-state index contributed by atoms with van der Waals surface area (Å²) in [6.07, 6.45) is 0.764. The van der Waals surface area contributed by atoms with Crippen LogP contribution in [0.1, 0.15) is 22.8 Å². The summed E-state index contributed by atoms with van der Waals surface area (Å²) in [4.78, 5) is 10.5. The monoisotopic (exact) mass is 166 g/mol. The molecule has 0 aliphatic carbocycles. The van der Waals surface area contributed by atoms with Gasteiger partial charge in [0, 0.05) is 0 Å². The molecule has 0 atom stereocenters. The largest absolute Gasteiger partial charge is 0.507 e. The molecule has 0 aliphatic rings. The summed E-state index contributed by atoms with van der Waals surface area (Å²) < 4.78 is 0. The van der Waals surface area contributed by atoms with Crippen LogP contribution in [0, 0.1) is 0 Å². The topological polar surface area (TPSA) is 57.5 Å². The summed E-state index contributed by atoms with van der Waals surface area (Å²) in [5.74, 6) is -1.28. The van der Waals surface area contributed by atoms with E-state index in [1.54, 1.807) is 6.07 Å². The third-order valence-corrected chi connectivity index (χ3v) is 1.70. The van der Waals surface area contributed by atoms with Gasteiger partial charge < -0.3 is 10.2 Å². The van der Waals surface area contributed by atoms with Gasteiger partial charge in [0.05, 0.1) is 0 Å². The van der Waals surface area contributed by atoms with Crippen molar-refractivity contribution in [2.75, 3.05) is 0 Å². The fourth-order valence-electron chi connectivity index (χ4n) is 0.974. The number of carbonyl (C=O) groups is 1. The maximum Gasteiger partial charge on any atom is 0.339 e. The first-order chi connectivity index (χ1) is 5.65. The van der Waals surface area contributed by atoms with Crippen LogP contribution in [0.15, 0.2) is 18.2 Å². The van der Waals surface area contributed by atoms with E-state index < -0.39 is 5.97 Å². The Labute approximate surface area is 70.3 Å². The highest BCUT2D eigenvalue weighted by Crippen LogP contribution is 2.18. The van der Waals surface area contributed by atoms with Crippen LogP contribution in [0.3, 0.4) is 0 Å². The summed E-state index contributed by atoms with van der Waals surface area (Å²) in [5, 5.41) is 17.7. The Bertz CT molecular complexity index is 305. The molecule has 0 aliphatic heterocycles. The number of hydrogen-bond donors (Lipinski definition) is 2. The van der Waals surface area contributed by atoms with E-state index in [0.717, 1.165) is 12.0 Å². The van der Waals surface area contributed by atoms with E-state index in [1.807, 2.05) is 6.92 Å². The molecule has 1 rings (SSSR count). The first-order valence-corrected chi connectivity index (χ1v) is 3.70. The first kappa shape index (κ1) is 8.59. The molecule has 0 saturated heterocycles. The van der Waals surface area contributed by atoms with Gasteiger partial charge >= 0.3 is 5.97 Å². The lowest BCUT2D eigenvalue weighted by atomic mass is 10.1. The fourth-order valence-corrected chi connectivity index (χ4v) is 0.974. The van der Waals surface area contributed by atoms with Crippen LogP contribution in [0.2, 0.25) is 0 Å². The fraction of sp³-hybridized carbons (Fsp3) is 0.222. The SMILES string of the molecule is CCc1ccc(O)c(C(=O)O)c1. The summed E-state index contributed by atoms with van der Waals surface area (Å²) in [5.41, 5.74) is 0.875. The van der Waals surface area contributed by atoms with Crippen LogP contribution < -0.4 is 0 Å². The van der Waals surface area contributed by atoms with Gasteiger partial charge in [-0.05, 0) is 24.1 Å². The molecular weight excluding hydrogens is 156 g/mol. The Morgan fingerprint density at radius 1 is 1.50 bits per heavy atom. The third-order valence-electron chi connectivity index (χ3n) is 1.70. The third kappa shape index (κ3) is 1.56. The lowest BCUT2D eigenvalue weighted by Gasteiger charge is -2.01. The predicted molar refractivity (Wildman–Crippen MR) is 44.4 cm³/mol. The zero-order valence-electron chi connectivity index (χ0n) is 6.74. The summed E-state index contributed by atoms with van der Waals surface area (Å²) in [7, 11) is 0. The smallest absolute Gasteiger partial charge is 0.339 e. The van der Waals surface area contributed by atoms with Crippen molar-refractivity contribution in [2.45, 2.75) is 13.3 Å². The molecule has 1 aromatic carbocycles. The van der Waals surface area contributed by atoms with E-state index in [0.29, 0.717) is 0 Å². The Kier molecular flexibility index (Phi) is 2.33. The van der Waals surface area contributed by atoms with Gasteiger partial charge in [-0.1, -0.05) is 13.0 Å². The predicted octanol–water partition coefficient (Wildman–Crippen LogP) is 1.65. The number of carboxylic acid groups (broad SMARTS) is 1. The van der Waals surface area contributed by atoms with Crippen LogP contribution in [0.5, 0.6) is 5.75 Å². The summed E-state index contributed by atoms with van der Waals surface area (Å²) >= 11 is 0. The van der Waals surface area contributed by atoms with Gasteiger partial charge in [-0.15, -0.1) is 0 Å². The van der Waals surface area contributed by atoms with Crippen molar-refractivity contribution in [3.8, 4) is 5.75 Å². The van der Waals surface area contributed by atoms with Gasteiger partial charge in [0.1, 0.15) is 11.3 Å². The lowest BCUT2D eigenvalue weighted by molar-refractivity contribution is 0.0693. The Morgan fingerprint density at radius 3 is 2.67 bits per heavy atom. The maximum absolute atomic E-state index is 10.5. The molecule has 0 bridgehead atoms. The standard InChI is InChI=1S/C9H10O3/c1-2-6-3-4-8(10)7(5-6)9(11)12/h3-5,10H,2H2,1H3,(H,11,12). The van der Waals surface area contributed by atoms with Crippen molar-refractivity contribution in [2.24, 2.45) is 0 Å². The highest BCUT2D eigenvalue weighted by molar-refractivity contribution is 5.90. The zero-order chi connectivity index (χ0) is 9.14. The average Bonchev–Trinajstić information content (AvgIpc) is 2.05. The highest BCUT2D eigenvalue weighted by atomic mass is 16.4. The minimum Gasteiger partial charge on any atom is -0.507 e. The Balaban J connectivity index is 3.17. The lowest BCUT2D eigenvalue weighted by Crippen LogP contribution is -1.97. The van der Waals surface area contributed by atoms with E-state index >= 15 is 0 Å². The van der Waals surface area contributed by atoms with Crippen molar-refractivity contribution >= 4 is 5.97 Å². The van der Waals surface area contributed by atoms with Gasteiger partial charge in [0.2, 0.25) is 0 Å². The van der Waals surface area contributed by atoms with Gasteiger partial charge in [-0.2, -0.15) is 0 Å². The molecule has 0 aromatic heterocycles. The van der Waals surface area contributed by atoms with Crippen molar-refractivity contribution in [1.82, 2.24) is 0 Å². The van der Waals surface area contributed by atoms with Crippen LogP contribution in [0.4, 0.5) is 0 Å². The zero-order valence-corrected chi connectivity index (χ0v) is 6.74. The number of carboxylic acids is 1. The van der Waals surface area contributed by atoms with Crippen LogP contribution in [0.25, 0.3) is 0 Å². The van der Waals surface area contributed by atoms with E-state index in [4.69, 9.17) is 10.2 Å². The molecule has 0 radical (unpaired) electrons. The van der Waals surface area contributed by atoms with Crippen molar-refractivity contribution in [1.29, 1.82) is 0 Å². The second-order valence-corrected chi connectivity index (χ2v) is 2.51. The highest BCUT2D eigenvalue weighted by Gasteiger charge is 2.08. The minimum absolute atomic E-state index is 0.0330. The van der Waals surface area contributed by atoms with E-state index in [-0.39, 0.29) is 11.3 Å². The molecule has 3 nitrogen and oxygen atoms in total. The molecule has 0 saturated carbocycles. The van der Waals surface area contributed by atoms with Crippen LogP contribution >= 0.6 is 0 Å². The number of hydrogen-bond acceptors (Lipinski definition) is 2. The van der Waals surface area contributed by atoms with E-state index in [2.05, 4.69) is 0 Å². The average molecular weight is 166 g/mol. The molecule has 0 amide bonds. The molecular formula is C9H10O3. The molecule has 0 unspecified atom stereocenters. The van der Waals surface area contributed by atoms with Gasteiger partial charge in [0.25, 0.3) is 0 Å². The molecule has 64 valence electrons. The summed E-state index contributed by atoms with van der Waals surface area (Å²) in [6, 6.07) is 4.60. The number of aromatic carboxylic acids is 1. The number of rotatable bonds is 2. The Morgan fingerprint density at radius 2 is 2.17 bits per heavy atom. The normalized spacial score (nSPS) is 9.75. The van der Waals surface area contributed by atoms with Gasteiger partial charge in [-0.3, -0.25) is 0 Å². The van der Waals surface area contributed by atoms with E-state index in [9.17, 15) is 4.79 Å². The number of aryl methyl sites for hydroxylation is 1. The second-order valence-electron chi connectivity index (χ2n) is 2.51. The summed E-state index contributed by atoms with van der Waals surface area (Å²) in [6.45, 7) is 1.93. The molecule has 12 heavy (non-hydrogen) atoms. The molecule has 0 heterocycles. The molecule has 2 N–H and O–H groups in total. The molecule has 3 heteroatoms. The Hall–Kier alpha value is -1.51. The number of benzene rings is 1. The van der Waals surface area contributed by atoms with Crippen molar-refractivity contribution < 1.29 is 15.0 Å². The van der Waals surface area contributed by atoms with Gasteiger partial charge in [-0.25, -0.2) is 4.79 Å². The van der Waals surface area contributed by atoms with Crippen LogP contribution in [-0.2, 0) is 6.42 Å². The molecule has 0 fully saturated rings.